The van der Waals surface area contributed by atoms with E-state index >= 15 is 0 Å². The smallest absolute Gasteiger partial charge is 0.226 e. The third kappa shape index (κ3) is 4.68. The summed E-state index contributed by atoms with van der Waals surface area (Å²) in [6.07, 6.45) is 0.549. The molecule has 1 aromatic rings. The number of pyridine rings is 1. The molecule has 0 aliphatic heterocycles. The van der Waals surface area contributed by atoms with Crippen LogP contribution in [0.15, 0.2) is 18.3 Å². The van der Waals surface area contributed by atoms with E-state index in [1.54, 1.807) is 26.0 Å². The Hall–Kier alpha value is -1.66. The molecule has 1 aromatic heterocycles. The van der Waals surface area contributed by atoms with Crippen molar-refractivity contribution in [3.05, 3.63) is 18.3 Å². The fourth-order valence-electron chi connectivity index (χ4n) is 1.06. The third-order valence-electron chi connectivity index (χ3n) is 2.16. The Labute approximate surface area is 106 Å². The molecule has 6 nitrogen and oxygen atoms in total. The molecular formula is C12H18N2O4. The maximum absolute atomic E-state index is 11.4. The van der Waals surface area contributed by atoms with Crippen molar-refractivity contribution in [3.8, 4) is 5.88 Å². The molecule has 6 heteroatoms. The number of hydrogen-bond acceptors (Lipinski definition) is 5. The summed E-state index contributed by atoms with van der Waals surface area (Å²) in [4.78, 5) is 15.4. The molecule has 3 N–H and O–H groups in total. The van der Waals surface area contributed by atoms with Crippen molar-refractivity contribution in [1.29, 1.82) is 0 Å². The van der Waals surface area contributed by atoms with Gasteiger partial charge in [-0.15, -0.1) is 0 Å². The number of carbonyl (C=O) groups is 1. The molecule has 1 rings (SSSR count). The average Bonchev–Trinajstić information content (AvgIpc) is 2.37. The Balaban J connectivity index is 2.50. The molecule has 1 atom stereocenters. The minimum absolute atomic E-state index is 0.0266. The average molecular weight is 254 g/mol. The summed E-state index contributed by atoms with van der Waals surface area (Å²) in [5, 5.41) is 20.4. The maximum atomic E-state index is 11.4. The number of carbonyl (C=O) groups excluding carboxylic acids is 1. The van der Waals surface area contributed by atoms with E-state index in [0.717, 1.165) is 0 Å². The normalized spacial score (nSPS) is 12.3. The number of nitrogens with zero attached hydrogens (tertiary/aromatic N) is 1. The van der Waals surface area contributed by atoms with Crippen LogP contribution in [0, 0.1) is 5.92 Å². The number of aliphatic hydroxyl groups excluding tert-OH is 2. The molecule has 1 heterocycles. The summed E-state index contributed by atoms with van der Waals surface area (Å²) in [5.74, 6) is 0.145. The van der Waals surface area contributed by atoms with E-state index in [4.69, 9.17) is 14.9 Å². The van der Waals surface area contributed by atoms with Gasteiger partial charge in [0.25, 0.3) is 0 Å². The standard InChI is InChI=1S/C12H18N2O4/c1-8(2)12(17)14-9-3-4-11(13-5-9)18-7-10(16)6-15/h3-5,8,10,15-16H,6-7H2,1-2H3,(H,14,17)/t10-/m1/s1. The molecule has 18 heavy (non-hydrogen) atoms. The Morgan fingerprint density at radius 1 is 1.50 bits per heavy atom. The van der Waals surface area contributed by atoms with Crippen LogP contribution in [0.2, 0.25) is 0 Å². The highest BCUT2D eigenvalue weighted by Crippen LogP contribution is 2.12. The number of aliphatic hydroxyl groups is 2. The van der Waals surface area contributed by atoms with Gasteiger partial charge in [0.1, 0.15) is 12.7 Å². The fraction of sp³-hybridized carbons (Fsp3) is 0.500. The van der Waals surface area contributed by atoms with Crippen LogP contribution in [0.4, 0.5) is 5.69 Å². The number of nitrogens with one attached hydrogen (secondary N) is 1. The summed E-state index contributed by atoms with van der Waals surface area (Å²) in [6.45, 7) is 3.22. The first-order valence-electron chi connectivity index (χ1n) is 5.71. The summed E-state index contributed by atoms with van der Waals surface area (Å²) < 4.78 is 5.13. The molecule has 100 valence electrons. The predicted octanol–water partition coefficient (Wildman–Crippen LogP) is 0.408. The topological polar surface area (TPSA) is 91.7 Å². The first-order chi connectivity index (χ1) is 8.52. The second-order valence-corrected chi connectivity index (χ2v) is 4.18. The maximum Gasteiger partial charge on any atom is 0.226 e. The zero-order valence-electron chi connectivity index (χ0n) is 10.5. The lowest BCUT2D eigenvalue weighted by molar-refractivity contribution is -0.118. The van der Waals surface area contributed by atoms with Gasteiger partial charge in [-0.1, -0.05) is 13.8 Å². The van der Waals surface area contributed by atoms with E-state index in [1.165, 1.54) is 6.20 Å². The number of anilines is 1. The number of amides is 1. The van der Waals surface area contributed by atoms with Crippen LogP contribution in [0.5, 0.6) is 5.88 Å². The van der Waals surface area contributed by atoms with Gasteiger partial charge in [-0.3, -0.25) is 4.79 Å². The van der Waals surface area contributed by atoms with Crippen molar-refractivity contribution in [2.45, 2.75) is 20.0 Å². The Morgan fingerprint density at radius 2 is 2.22 bits per heavy atom. The number of ether oxygens (including phenoxy) is 1. The lowest BCUT2D eigenvalue weighted by atomic mass is 10.2. The second-order valence-electron chi connectivity index (χ2n) is 4.18. The molecular weight excluding hydrogens is 236 g/mol. The molecule has 0 saturated heterocycles. The third-order valence-corrected chi connectivity index (χ3v) is 2.16. The van der Waals surface area contributed by atoms with Gasteiger partial charge in [-0.25, -0.2) is 4.98 Å². The summed E-state index contributed by atoms with van der Waals surface area (Å²) >= 11 is 0. The molecule has 0 aromatic carbocycles. The van der Waals surface area contributed by atoms with Crippen LogP contribution in [-0.4, -0.2) is 40.4 Å². The molecule has 0 unspecified atom stereocenters. The number of aromatic nitrogens is 1. The molecule has 0 aliphatic carbocycles. The van der Waals surface area contributed by atoms with Crippen LogP contribution in [-0.2, 0) is 4.79 Å². The molecule has 0 aliphatic rings. The van der Waals surface area contributed by atoms with Gasteiger partial charge >= 0.3 is 0 Å². The van der Waals surface area contributed by atoms with Gasteiger partial charge < -0.3 is 20.3 Å². The highest BCUT2D eigenvalue weighted by molar-refractivity contribution is 5.91. The van der Waals surface area contributed by atoms with Gasteiger partial charge in [0.15, 0.2) is 0 Å². The minimum Gasteiger partial charge on any atom is -0.475 e. The van der Waals surface area contributed by atoms with E-state index in [9.17, 15) is 4.79 Å². The highest BCUT2D eigenvalue weighted by atomic mass is 16.5. The van der Waals surface area contributed by atoms with E-state index in [2.05, 4.69) is 10.3 Å². The first-order valence-corrected chi connectivity index (χ1v) is 5.71. The Bertz CT molecular complexity index is 378. The summed E-state index contributed by atoms with van der Waals surface area (Å²) in [7, 11) is 0. The molecule has 0 bridgehead atoms. The van der Waals surface area contributed by atoms with Crippen molar-refractivity contribution in [3.63, 3.8) is 0 Å². The molecule has 0 saturated carbocycles. The van der Waals surface area contributed by atoms with E-state index in [-0.39, 0.29) is 25.0 Å². The quantitative estimate of drug-likeness (QED) is 0.684. The number of hydrogen-bond donors (Lipinski definition) is 3. The van der Waals surface area contributed by atoms with Gasteiger partial charge in [0, 0.05) is 12.0 Å². The zero-order valence-corrected chi connectivity index (χ0v) is 10.5. The Morgan fingerprint density at radius 3 is 2.72 bits per heavy atom. The molecule has 1 amide bonds. The second kappa shape index (κ2) is 6.93. The van der Waals surface area contributed by atoms with Crippen molar-refractivity contribution in [1.82, 2.24) is 4.98 Å². The summed E-state index contributed by atoms with van der Waals surface area (Å²) in [5.41, 5.74) is 0.587. The van der Waals surface area contributed by atoms with E-state index < -0.39 is 6.10 Å². The van der Waals surface area contributed by atoms with Crippen molar-refractivity contribution >= 4 is 11.6 Å². The summed E-state index contributed by atoms with van der Waals surface area (Å²) in [6, 6.07) is 3.24. The molecule has 0 spiro atoms. The Kier molecular flexibility index (Phi) is 5.54. The predicted molar refractivity (Wildman–Crippen MR) is 66.3 cm³/mol. The van der Waals surface area contributed by atoms with Crippen molar-refractivity contribution in [2.75, 3.05) is 18.5 Å². The van der Waals surface area contributed by atoms with Crippen LogP contribution in [0.1, 0.15) is 13.8 Å². The lowest BCUT2D eigenvalue weighted by Crippen LogP contribution is -2.21. The van der Waals surface area contributed by atoms with Gasteiger partial charge in [0.2, 0.25) is 11.8 Å². The van der Waals surface area contributed by atoms with E-state index in [1.807, 2.05) is 0 Å². The van der Waals surface area contributed by atoms with Crippen LogP contribution in [0.3, 0.4) is 0 Å². The van der Waals surface area contributed by atoms with Crippen molar-refractivity contribution < 1.29 is 19.7 Å². The van der Waals surface area contributed by atoms with Gasteiger partial charge in [-0.05, 0) is 6.07 Å². The fourth-order valence-corrected chi connectivity index (χ4v) is 1.06. The van der Waals surface area contributed by atoms with E-state index in [0.29, 0.717) is 11.6 Å². The van der Waals surface area contributed by atoms with Crippen LogP contribution in [0.25, 0.3) is 0 Å². The first kappa shape index (κ1) is 14.4. The highest BCUT2D eigenvalue weighted by Gasteiger charge is 2.08. The van der Waals surface area contributed by atoms with Gasteiger partial charge in [-0.2, -0.15) is 0 Å². The van der Waals surface area contributed by atoms with Crippen LogP contribution >= 0.6 is 0 Å². The van der Waals surface area contributed by atoms with Gasteiger partial charge in [0.05, 0.1) is 18.5 Å². The zero-order chi connectivity index (χ0) is 13.5. The number of rotatable bonds is 6. The minimum atomic E-state index is -0.924. The van der Waals surface area contributed by atoms with Crippen molar-refractivity contribution in [2.24, 2.45) is 5.92 Å². The lowest BCUT2D eigenvalue weighted by Gasteiger charge is -2.10. The largest absolute Gasteiger partial charge is 0.475 e. The molecule has 0 fully saturated rings. The monoisotopic (exact) mass is 254 g/mol. The SMILES string of the molecule is CC(C)C(=O)Nc1ccc(OC[C@H](O)CO)nc1. The van der Waals surface area contributed by atoms with Crippen LogP contribution < -0.4 is 10.1 Å². The molecule has 0 radical (unpaired) electrons.